The lowest BCUT2D eigenvalue weighted by molar-refractivity contribution is -0.147. The van der Waals surface area contributed by atoms with Crippen molar-refractivity contribution in [1.29, 1.82) is 0 Å². The number of nitrogens with zero attached hydrogens (tertiary/aromatic N) is 2. The Kier molecular flexibility index (Phi) is 4.05. The van der Waals surface area contributed by atoms with Crippen molar-refractivity contribution in [2.24, 2.45) is 4.99 Å². The van der Waals surface area contributed by atoms with E-state index in [2.05, 4.69) is 36.4 Å². The minimum absolute atomic E-state index is 0.192. The fourth-order valence-corrected chi connectivity index (χ4v) is 2.96. The molecule has 7 heteroatoms. The third-order valence-corrected chi connectivity index (χ3v) is 4.31. The van der Waals surface area contributed by atoms with E-state index in [9.17, 15) is 9.59 Å². The van der Waals surface area contributed by atoms with E-state index in [1.807, 2.05) is 18.2 Å². The molecule has 26 heavy (non-hydrogen) atoms. The smallest absolute Gasteiger partial charge is 0.379 e. The molecule has 0 bridgehead atoms. The van der Waals surface area contributed by atoms with Crippen LogP contribution in [0.25, 0.3) is 0 Å². The molecule has 2 aliphatic rings. The van der Waals surface area contributed by atoms with Crippen LogP contribution >= 0.6 is 0 Å². The Bertz CT molecular complexity index is 807. The number of amides is 3. The molecule has 0 aromatic heterocycles. The number of hydrogen-bond acceptors (Lipinski definition) is 5. The van der Waals surface area contributed by atoms with E-state index in [1.54, 1.807) is 32.2 Å². The predicted molar refractivity (Wildman–Crippen MR) is 98.7 cm³/mol. The van der Waals surface area contributed by atoms with Crippen molar-refractivity contribution in [3.8, 4) is 5.75 Å². The lowest BCUT2D eigenvalue weighted by atomic mass is 9.86. The van der Waals surface area contributed by atoms with Crippen molar-refractivity contribution in [2.75, 3.05) is 0 Å². The monoisotopic (exact) mass is 356 g/mol. The van der Waals surface area contributed by atoms with E-state index in [1.165, 1.54) is 6.21 Å². The van der Waals surface area contributed by atoms with Gasteiger partial charge >= 0.3 is 12.0 Å². The second-order valence-corrected chi connectivity index (χ2v) is 7.93. The molecule has 1 aromatic carbocycles. The van der Waals surface area contributed by atoms with Crippen molar-refractivity contribution in [2.45, 2.75) is 51.5 Å². The summed E-state index contributed by atoms with van der Waals surface area (Å²) < 4.78 is 6.20. The summed E-state index contributed by atoms with van der Waals surface area (Å²) in [6.45, 7) is 9.49. The highest BCUT2D eigenvalue weighted by molar-refractivity contribution is 6.07. The molecule has 0 radical (unpaired) electrons. The first-order valence-electron chi connectivity index (χ1n) is 8.50. The standard InChI is InChI=1S/C19H24N4O3/c1-17(2,3)13-9-6-7-10-14(13)26-19(20-11-8-12-21-19)23-15(24)18(4,5)22-16(23)25/h6-12,20H,1-5H3,(H,22,25). The molecule has 2 aliphatic heterocycles. The summed E-state index contributed by atoms with van der Waals surface area (Å²) in [5, 5.41) is 5.61. The lowest BCUT2D eigenvalue weighted by Gasteiger charge is -2.38. The third kappa shape index (κ3) is 2.94. The number of carbonyl (C=O) groups excluding carboxylic acids is 2. The van der Waals surface area contributed by atoms with Crippen molar-refractivity contribution in [3.05, 3.63) is 42.1 Å². The van der Waals surface area contributed by atoms with Crippen molar-refractivity contribution >= 4 is 18.2 Å². The minimum Gasteiger partial charge on any atom is -0.431 e. The summed E-state index contributed by atoms with van der Waals surface area (Å²) in [6.07, 6.45) is 4.77. The molecule has 0 saturated carbocycles. The Morgan fingerprint density at radius 1 is 1.15 bits per heavy atom. The molecular weight excluding hydrogens is 332 g/mol. The molecule has 2 N–H and O–H groups in total. The van der Waals surface area contributed by atoms with Crippen molar-refractivity contribution in [3.63, 3.8) is 0 Å². The van der Waals surface area contributed by atoms with Crippen LogP contribution in [0.5, 0.6) is 5.75 Å². The summed E-state index contributed by atoms with van der Waals surface area (Å²) >= 11 is 0. The van der Waals surface area contributed by atoms with Gasteiger partial charge in [-0.3, -0.25) is 4.79 Å². The maximum absolute atomic E-state index is 12.8. The zero-order valence-electron chi connectivity index (χ0n) is 15.7. The Hall–Kier alpha value is -2.83. The second kappa shape index (κ2) is 5.86. The van der Waals surface area contributed by atoms with E-state index >= 15 is 0 Å². The fraction of sp³-hybridized carbons (Fsp3) is 0.421. The molecule has 1 unspecified atom stereocenters. The van der Waals surface area contributed by atoms with Crippen LogP contribution in [0.15, 0.2) is 41.5 Å². The maximum atomic E-state index is 12.8. The number of urea groups is 1. The molecule has 1 atom stereocenters. The largest absolute Gasteiger partial charge is 0.431 e. The summed E-state index contributed by atoms with van der Waals surface area (Å²) in [5.74, 6) is -1.55. The third-order valence-electron chi connectivity index (χ3n) is 4.31. The Labute approximate surface area is 153 Å². The van der Waals surface area contributed by atoms with Crippen LogP contribution in [0.1, 0.15) is 40.2 Å². The van der Waals surface area contributed by atoms with Gasteiger partial charge < -0.3 is 15.4 Å². The van der Waals surface area contributed by atoms with E-state index in [0.29, 0.717) is 5.75 Å². The van der Waals surface area contributed by atoms with Crippen molar-refractivity contribution < 1.29 is 14.3 Å². The fourth-order valence-electron chi connectivity index (χ4n) is 2.96. The summed E-state index contributed by atoms with van der Waals surface area (Å²) in [4.78, 5) is 30.7. The Morgan fingerprint density at radius 3 is 2.38 bits per heavy atom. The average molecular weight is 356 g/mol. The maximum Gasteiger partial charge on any atom is 0.379 e. The molecule has 2 heterocycles. The highest BCUT2D eigenvalue weighted by Gasteiger charge is 2.56. The van der Waals surface area contributed by atoms with Crippen LogP contribution in [0.2, 0.25) is 0 Å². The highest BCUT2D eigenvalue weighted by Crippen LogP contribution is 2.35. The SMILES string of the molecule is CC1(C)NC(=O)N(C2(Oc3ccccc3C(C)(C)C)N=CC=CN2)C1=O. The number of carbonyl (C=O) groups is 2. The molecule has 1 fully saturated rings. The van der Waals surface area contributed by atoms with Crippen LogP contribution in [0, 0.1) is 0 Å². The van der Waals surface area contributed by atoms with Gasteiger partial charge in [0, 0.05) is 12.4 Å². The van der Waals surface area contributed by atoms with Gasteiger partial charge in [-0.1, -0.05) is 39.0 Å². The van der Waals surface area contributed by atoms with Gasteiger partial charge in [-0.15, -0.1) is 0 Å². The number of nitrogens with one attached hydrogen (secondary N) is 2. The number of imide groups is 1. The van der Waals surface area contributed by atoms with Crippen LogP contribution in [0.4, 0.5) is 4.79 Å². The molecule has 1 saturated heterocycles. The number of benzene rings is 1. The van der Waals surface area contributed by atoms with Crippen molar-refractivity contribution in [1.82, 2.24) is 15.5 Å². The van der Waals surface area contributed by atoms with Crippen LogP contribution < -0.4 is 15.4 Å². The average Bonchev–Trinajstić information content (AvgIpc) is 2.75. The van der Waals surface area contributed by atoms with Gasteiger partial charge in [0.15, 0.2) is 0 Å². The molecule has 1 aromatic rings. The highest BCUT2D eigenvalue weighted by atomic mass is 16.6. The Morgan fingerprint density at radius 2 is 1.85 bits per heavy atom. The lowest BCUT2D eigenvalue weighted by Crippen LogP contribution is -2.63. The normalized spacial score (nSPS) is 24.4. The van der Waals surface area contributed by atoms with Gasteiger partial charge in [-0.2, -0.15) is 4.90 Å². The molecule has 3 rings (SSSR count). The molecule has 0 spiro atoms. The van der Waals surface area contributed by atoms with E-state index in [-0.39, 0.29) is 5.41 Å². The van der Waals surface area contributed by atoms with E-state index in [0.717, 1.165) is 10.5 Å². The van der Waals surface area contributed by atoms with Gasteiger partial charge in [0.2, 0.25) is 0 Å². The number of rotatable bonds is 3. The summed E-state index contributed by atoms with van der Waals surface area (Å²) in [5.41, 5.74) is -0.282. The predicted octanol–water partition coefficient (Wildman–Crippen LogP) is 2.49. The number of ether oxygens (including phenoxy) is 1. The van der Waals surface area contributed by atoms with Gasteiger partial charge in [-0.05, 0) is 37.0 Å². The zero-order valence-corrected chi connectivity index (χ0v) is 15.7. The summed E-state index contributed by atoms with van der Waals surface area (Å²) in [7, 11) is 0. The molecule has 7 nitrogen and oxygen atoms in total. The van der Waals surface area contributed by atoms with Gasteiger partial charge in [0.1, 0.15) is 11.3 Å². The van der Waals surface area contributed by atoms with Crippen LogP contribution in [-0.2, 0) is 10.2 Å². The number of aliphatic imine (C=N–C) groups is 1. The molecule has 0 aliphatic carbocycles. The van der Waals surface area contributed by atoms with Crippen LogP contribution in [0.3, 0.4) is 0 Å². The number of hydrogen-bond donors (Lipinski definition) is 2. The number of allylic oxidation sites excluding steroid dienone is 1. The molecule has 138 valence electrons. The first-order valence-corrected chi connectivity index (χ1v) is 8.50. The zero-order chi connectivity index (χ0) is 19.2. The van der Waals surface area contributed by atoms with Gasteiger partial charge in [0.05, 0.1) is 0 Å². The van der Waals surface area contributed by atoms with E-state index < -0.39 is 23.5 Å². The topological polar surface area (TPSA) is 83.0 Å². The number of para-hydroxylation sites is 1. The minimum atomic E-state index is -1.68. The van der Waals surface area contributed by atoms with Gasteiger partial charge in [0.25, 0.3) is 5.91 Å². The quantitative estimate of drug-likeness (QED) is 0.815. The first kappa shape index (κ1) is 18.0. The van der Waals surface area contributed by atoms with E-state index in [4.69, 9.17) is 4.74 Å². The van der Waals surface area contributed by atoms with Gasteiger partial charge in [-0.25, -0.2) is 9.79 Å². The summed E-state index contributed by atoms with van der Waals surface area (Å²) in [6, 6.07) is 6.97. The second-order valence-electron chi connectivity index (χ2n) is 7.93. The molecule has 3 amide bonds. The van der Waals surface area contributed by atoms with Crippen LogP contribution in [-0.4, -0.2) is 34.6 Å². The molecular formula is C19H24N4O3. The first-order chi connectivity index (χ1) is 12.1. The Balaban J connectivity index is 2.07.